The van der Waals surface area contributed by atoms with Gasteiger partial charge in [-0.25, -0.2) is 4.39 Å². The molecular weight excluding hydrogens is 343 g/mol. The van der Waals surface area contributed by atoms with Gasteiger partial charge in [-0.05, 0) is 41.1 Å². The second kappa shape index (κ2) is 6.53. The van der Waals surface area contributed by atoms with Crippen LogP contribution >= 0.6 is 15.9 Å². The van der Waals surface area contributed by atoms with Gasteiger partial charge in [-0.1, -0.05) is 0 Å². The van der Waals surface area contributed by atoms with Gasteiger partial charge in [-0.2, -0.15) is 0 Å². The fourth-order valence-corrected chi connectivity index (χ4v) is 2.53. The van der Waals surface area contributed by atoms with E-state index >= 15 is 0 Å². The molecule has 0 spiro atoms. The maximum atomic E-state index is 13.5. The number of carboxylic acids is 1. The summed E-state index contributed by atoms with van der Waals surface area (Å²) in [7, 11) is 0. The van der Waals surface area contributed by atoms with E-state index in [0.717, 1.165) is 0 Å². The molecule has 5 nitrogen and oxygen atoms in total. The molecule has 1 unspecified atom stereocenters. The van der Waals surface area contributed by atoms with Crippen LogP contribution in [0.4, 0.5) is 4.39 Å². The zero-order chi connectivity index (χ0) is 15.6. The molecule has 1 atom stereocenters. The second-order valence-corrected chi connectivity index (χ2v) is 5.83. The highest BCUT2D eigenvalue weighted by molar-refractivity contribution is 9.10. The van der Waals surface area contributed by atoms with Gasteiger partial charge in [-0.3, -0.25) is 14.5 Å². The topological polar surface area (TPSA) is 60.9 Å². The van der Waals surface area contributed by atoms with Crippen molar-refractivity contribution in [2.24, 2.45) is 0 Å². The first kappa shape index (κ1) is 15.9. The van der Waals surface area contributed by atoms with Crippen molar-refractivity contribution >= 4 is 27.8 Å². The van der Waals surface area contributed by atoms with Gasteiger partial charge in [0.1, 0.15) is 11.9 Å². The highest BCUT2D eigenvalue weighted by atomic mass is 79.9. The number of carboxylic acid groups (broad SMARTS) is 1. The van der Waals surface area contributed by atoms with Crippen LogP contribution in [-0.4, -0.2) is 59.0 Å². The fourth-order valence-electron chi connectivity index (χ4n) is 2.28. The van der Waals surface area contributed by atoms with Crippen LogP contribution in [0.5, 0.6) is 0 Å². The predicted molar refractivity (Wildman–Crippen MR) is 78.7 cm³/mol. The number of carbonyl (C=O) groups excluding carboxylic acids is 1. The van der Waals surface area contributed by atoms with E-state index in [4.69, 9.17) is 5.11 Å². The average Bonchev–Trinajstić information content (AvgIpc) is 2.48. The van der Waals surface area contributed by atoms with Gasteiger partial charge in [0.25, 0.3) is 5.91 Å². The summed E-state index contributed by atoms with van der Waals surface area (Å²) in [6.45, 7) is 3.50. The third-order valence-electron chi connectivity index (χ3n) is 3.67. The summed E-state index contributed by atoms with van der Waals surface area (Å²) < 4.78 is 13.8. The quantitative estimate of drug-likeness (QED) is 0.895. The Morgan fingerprint density at radius 3 is 2.43 bits per heavy atom. The average molecular weight is 359 g/mol. The number of halogens is 2. The molecule has 1 heterocycles. The Morgan fingerprint density at radius 2 is 1.90 bits per heavy atom. The Morgan fingerprint density at radius 1 is 1.29 bits per heavy atom. The van der Waals surface area contributed by atoms with Crippen molar-refractivity contribution in [2.75, 3.05) is 26.2 Å². The fraction of sp³-hybridized carbons (Fsp3) is 0.429. The Kier molecular flexibility index (Phi) is 4.95. The van der Waals surface area contributed by atoms with Crippen molar-refractivity contribution in [3.63, 3.8) is 0 Å². The maximum absolute atomic E-state index is 13.5. The van der Waals surface area contributed by atoms with Crippen molar-refractivity contribution in [3.05, 3.63) is 34.1 Å². The summed E-state index contributed by atoms with van der Waals surface area (Å²) >= 11 is 3.05. The SMILES string of the molecule is CC(C(=O)O)N1CCN(C(=O)c2ccc(Br)c(F)c2)CC1. The Bertz CT molecular complexity index is 559. The van der Waals surface area contributed by atoms with Gasteiger partial charge in [0.2, 0.25) is 0 Å². The van der Waals surface area contributed by atoms with Crippen LogP contribution in [0, 0.1) is 5.82 Å². The van der Waals surface area contributed by atoms with E-state index in [2.05, 4.69) is 15.9 Å². The molecule has 1 N–H and O–H groups in total. The van der Waals surface area contributed by atoms with Gasteiger partial charge < -0.3 is 10.0 Å². The highest BCUT2D eigenvalue weighted by Crippen LogP contribution is 2.18. The summed E-state index contributed by atoms with van der Waals surface area (Å²) in [5.74, 6) is -1.58. The predicted octanol–water partition coefficient (Wildman–Crippen LogP) is 1.82. The minimum Gasteiger partial charge on any atom is -0.480 e. The number of carbonyl (C=O) groups is 2. The normalized spacial score (nSPS) is 17.6. The number of benzene rings is 1. The van der Waals surface area contributed by atoms with Crippen LogP contribution in [0.1, 0.15) is 17.3 Å². The van der Waals surface area contributed by atoms with Crippen LogP contribution in [0.2, 0.25) is 0 Å². The van der Waals surface area contributed by atoms with Crippen LogP contribution in [0.15, 0.2) is 22.7 Å². The lowest BCUT2D eigenvalue weighted by Gasteiger charge is -2.36. The lowest BCUT2D eigenvalue weighted by molar-refractivity contribution is -0.143. The number of aliphatic carboxylic acids is 1. The largest absolute Gasteiger partial charge is 0.480 e. The zero-order valence-electron chi connectivity index (χ0n) is 11.6. The summed E-state index contributed by atoms with van der Waals surface area (Å²) in [6.07, 6.45) is 0. The molecule has 1 aliphatic rings. The van der Waals surface area contributed by atoms with Crippen molar-refractivity contribution in [2.45, 2.75) is 13.0 Å². The lowest BCUT2D eigenvalue weighted by atomic mass is 10.1. The van der Waals surface area contributed by atoms with Crippen molar-refractivity contribution < 1.29 is 19.1 Å². The molecule has 0 bridgehead atoms. The van der Waals surface area contributed by atoms with E-state index in [9.17, 15) is 14.0 Å². The molecule has 1 saturated heterocycles. The minimum absolute atomic E-state index is 0.232. The number of hydrogen-bond acceptors (Lipinski definition) is 3. The standard InChI is InChI=1S/C14H16BrFN2O3/c1-9(14(20)21)17-4-6-18(7-5-17)13(19)10-2-3-11(15)12(16)8-10/h2-3,8-9H,4-7H2,1H3,(H,20,21). The van der Waals surface area contributed by atoms with Crippen LogP contribution < -0.4 is 0 Å². The number of nitrogens with zero attached hydrogens (tertiary/aromatic N) is 2. The van der Waals surface area contributed by atoms with Gasteiger partial charge in [0.15, 0.2) is 0 Å². The molecule has 1 aromatic carbocycles. The van der Waals surface area contributed by atoms with Crippen LogP contribution in [0.25, 0.3) is 0 Å². The van der Waals surface area contributed by atoms with Crippen molar-refractivity contribution in [3.8, 4) is 0 Å². The van der Waals surface area contributed by atoms with Crippen molar-refractivity contribution in [1.82, 2.24) is 9.80 Å². The number of piperazine rings is 1. The molecule has 1 aromatic rings. The van der Waals surface area contributed by atoms with Gasteiger partial charge in [0.05, 0.1) is 4.47 Å². The van der Waals surface area contributed by atoms with Gasteiger partial charge in [-0.15, -0.1) is 0 Å². The zero-order valence-corrected chi connectivity index (χ0v) is 13.1. The van der Waals surface area contributed by atoms with E-state index < -0.39 is 17.8 Å². The maximum Gasteiger partial charge on any atom is 0.320 e. The molecule has 114 valence electrons. The minimum atomic E-state index is -0.871. The second-order valence-electron chi connectivity index (χ2n) is 4.97. The molecule has 0 aromatic heterocycles. The van der Waals surface area contributed by atoms with Crippen LogP contribution in [-0.2, 0) is 4.79 Å². The number of hydrogen-bond donors (Lipinski definition) is 1. The number of rotatable bonds is 3. The summed E-state index contributed by atoms with van der Waals surface area (Å²) in [6, 6.07) is 3.72. The first-order valence-corrected chi connectivity index (χ1v) is 7.40. The molecule has 1 fully saturated rings. The number of amides is 1. The lowest BCUT2D eigenvalue weighted by Crippen LogP contribution is -2.53. The Balaban J connectivity index is 2.00. The summed E-state index contributed by atoms with van der Waals surface area (Å²) in [5, 5.41) is 8.98. The summed E-state index contributed by atoms with van der Waals surface area (Å²) in [5.41, 5.74) is 0.301. The van der Waals surface area contributed by atoms with E-state index in [0.29, 0.717) is 36.2 Å². The van der Waals surface area contributed by atoms with Crippen molar-refractivity contribution in [1.29, 1.82) is 0 Å². The van der Waals surface area contributed by atoms with Crippen LogP contribution in [0.3, 0.4) is 0 Å². The molecule has 21 heavy (non-hydrogen) atoms. The molecule has 1 aliphatic heterocycles. The Labute approximate surface area is 130 Å². The van der Waals surface area contributed by atoms with Gasteiger partial charge in [0, 0.05) is 31.7 Å². The highest BCUT2D eigenvalue weighted by Gasteiger charge is 2.27. The third kappa shape index (κ3) is 3.59. The molecule has 0 saturated carbocycles. The van der Waals surface area contributed by atoms with E-state index in [1.54, 1.807) is 17.9 Å². The molecule has 0 aliphatic carbocycles. The summed E-state index contributed by atoms with van der Waals surface area (Å²) in [4.78, 5) is 26.7. The molecule has 2 rings (SSSR count). The van der Waals surface area contributed by atoms with E-state index in [1.165, 1.54) is 12.1 Å². The van der Waals surface area contributed by atoms with Gasteiger partial charge >= 0.3 is 5.97 Å². The third-order valence-corrected chi connectivity index (χ3v) is 4.32. The Hall–Kier alpha value is -1.47. The monoisotopic (exact) mass is 358 g/mol. The molecule has 7 heteroatoms. The molecule has 0 radical (unpaired) electrons. The first-order valence-electron chi connectivity index (χ1n) is 6.61. The molecule has 1 amide bonds. The van der Waals surface area contributed by atoms with E-state index in [-0.39, 0.29) is 5.91 Å². The first-order chi connectivity index (χ1) is 9.90. The van der Waals surface area contributed by atoms with E-state index in [1.807, 2.05) is 4.90 Å². The molecular formula is C14H16BrFN2O3. The smallest absolute Gasteiger partial charge is 0.320 e.